The van der Waals surface area contributed by atoms with Crippen molar-refractivity contribution >= 4 is 28.7 Å². The average molecular weight is 469 g/mol. The van der Waals surface area contributed by atoms with Gasteiger partial charge in [0.1, 0.15) is 11.4 Å². The van der Waals surface area contributed by atoms with Crippen LogP contribution in [0.15, 0.2) is 47.6 Å². The number of alkyl halides is 3. The van der Waals surface area contributed by atoms with Crippen molar-refractivity contribution < 1.29 is 40.0 Å². The first-order valence-electron chi connectivity index (χ1n) is 8.79. The number of carbonyl (C=O) groups excluding carboxylic acids is 1. The normalized spacial score (nSPS) is 14.6. The van der Waals surface area contributed by atoms with E-state index in [1.54, 1.807) is 38.1 Å². The Bertz CT molecular complexity index is 909. The van der Waals surface area contributed by atoms with Crippen molar-refractivity contribution in [2.24, 2.45) is 0 Å². The lowest BCUT2D eigenvalue weighted by atomic mass is 10.0. The molecule has 168 valence electrons. The number of para-hydroxylation sites is 1. The van der Waals surface area contributed by atoms with Gasteiger partial charge in [-0.05, 0) is 26.3 Å². The Balaban J connectivity index is 3.28. The first-order chi connectivity index (χ1) is 13.7. The average Bonchev–Trinajstić information content (AvgIpc) is 2.62. The van der Waals surface area contributed by atoms with Crippen LogP contribution in [0.25, 0.3) is 0 Å². The Morgan fingerprint density at radius 3 is 2.33 bits per heavy atom. The second-order valence-corrected chi connectivity index (χ2v) is 8.37. The molecule has 0 aliphatic rings. The number of rotatable bonds is 10. The molecule has 0 aromatic heterocycles. The molecule has 0 spiro atoms. The van der Waals surface area contributed by atoms with E-state index in [1.807, 2.05) is 0 Å². The molecule has 1 rings (SSSR count). The lowest BCUT2D eigenvalue weighted by Crippen LogP contribution is -2.31. The van der Waals surface area contributed by atoms with E-state index in [9.17, 15) is 26.4 Å². The van der Waals surface area contributed by atoms with Gasteiger partial charge in [-0.1, -0.05) is 31.7 Å². The van der Waals surface area contributed by atoms with Gasteiger partial charge in [-0.3, -0.25) is 4.79 Å². The van der Waals surface area contributed by atoms with Crippen molar-refractivity contribution in [3.63, 3.8) is 0 Å². The summed E-state index contributed by atoms with van der Waals surface area (Å²) in [6, 6.07) is 6.53. The van der Waals surface area contributed by atoms with Crippen LogP contribution in [0.2, 0.25) is 0 Å². The summed E-state index contributed by atoms with van der Waals surface area (Å²) >= 11 is 3.83. The maximum absolute atomic E-state index is 12.7. The number of halogens is 3. The van der Waals surface area contributed by atoms with E-state index >= 15 is 0 Å². The highest BCUT2D eigenvalue weighted by Gasteiger charge is 2.49. The van der Waals surface area contributed by atoms with Crippen molar-refractivity contribution in [2.45, 2.75) is 44.7 Å². The van der Waals surface area contributed by atoms with Crippen LogP contribution in [-0.2, 0) is 30.3 Å². The van der Waals surface area contributed by atoms with Crippen LogP contribution in [0.3, 0.4) is 0 Å². The number of esters is 1. The highest BCUT2D eigenvalue weighted by molar-refractivity contribution is 7.88. The Morgan fingerprint density at radius 2 is 1.83 bits per heavy atom. The molecule has 0 aliphatic heterocycles. The highest BCUT2D eigenvalue weighted by atomic mass is 32.2. The number of hydrogen-bond acceptors (Lipinski definition) is 7. The quantitative estimate of drug-likeness (QED) is 0.136. The molecule has 11 heteroatoms. The summed E-state index contributed by atoms with van der Waals surface area (Å²) in [5.41, 5.74) is -6.45. The zero-order valence-electron chi connectivity index (χ0n) is 16.7. The molecule has 0 N–H and O–H groups in total. The molecule has 1 aromatic carbocycles. The summed E-state index contributed by atoms with van der Waals surface area (Å²) in [5.74, 6) is -0.928. The van der Waals surface area contributed by atoms with Crippen molar-refractivity contribution in [1.29, 1.82) is 0 Å². The number of benzene rings is 1. The molecular weight excluding hydrogens is 445 g/mol. The van der Waals surface area contributed by atoms with E-state index in [2.05, 4.69) is 23.4 Å². The first kappa shape index (κ1) is 25.9. The molecule has 0 radical (unpaired) electrons. The fourth-order valence-electron chi connectivity index (χ4n) is 2.17. The molecule has 0 bridgehead atoms. The van der Waals surface area contributed by atoms with Gasteiger partial charge in [-0.25, -0.2) is 0 Å². The van der Waals surface area contributed by atoms with E-state index in [1.165, 1.54) is 6.92 Å². The minimum Gasteiger partial charge on any atom is -0.483 e. The third-order valence-electron chi connectivity index (χ3n) is 3.86. The number of thiol groups is 1. The fourth-order valence-corrected chi connectivity index (χ4v) is 2.82. The molecule has 30 heavy (non-hydrogen) atoms. The van der Waals surface area contributed by atoms with Crippen LogP contribution in [0.5, 0.6) is 5.75 Å². The molecule has 0 saturated heterocycles. The van der Waals surface area contributed by atoms with Gasteiger partial charge in [0.2, 0.25) is 0 Å². The standard InChI is InChI=1S/C19H23F3O6S2/c1-5-18(4,12-16(13(3)29)28-30(24,25)19(20,21)22)27-15-10-8-7-9-14(15)11-17(23)26-6-2/h7-10,12,29H,3,5-6,11H2,1-2,4H3/b16-12+. The van der Waals surface area contributed by atoms with Crippen LogP contribution >= 0.6 is 12.6 Å². The van der Waals surface area contributed by atoms with Crippen molar-refractivity contribution in [2.75, 3.05) is 6.61 Å². The third-order valence-corrected chi connectivity index (χ3v) is 5.05. The molecule has 0 saturated carbocycles. The topological polar surface area (TPSA) is 78.9 Å². The second-order valence-electron chi connectivity index (χ2n) is 6.30. The second kappa shape index (κ2) is 10.3. The SMILES string of the molecule is C=C(S)/C(=C\C(C)(CC)Oc1ccccc1CC(=O)OCC)OS(=O)(=O)C(F)(F)F. The van der Waals surface area contributed by atoms with Crippen LogP contribution in [0.4, 0.5) is 13.2 Å². The number of carbonyl (C=O) groups is 1. The highest BCUT2D eigenvalue weighted by Crippen LogP contribution is 2.33. The lowest BCUT2D eigenvalue weighted by molar-refractivity contribution is -0.142. The Morgan fingerprint density at radius 1 is 1.23 bits per heavy atom. The van der Waals surface area contributed by atoms with Gasteiger partial charge >= 0.3 is 21.6 Å². The first-order valence-corrected chi connectivity index (χ1v) is 10.6. The number of ether oxygens (including phenoxy) is 2. The maximum atomic E-state index is 12.7. The van der Waals surface area contributed by atoms with Gasteiger partial charge < -0.3 is 13.7 Å². The van der Waals surface area contributed by atoms with Crippen molar-refractivity contribution in [1.82, 2.24) is 0 Å². The van der Waals surface area contributed by atoms with E-state index in [0.717, 1.165) is 6.08 Å². The molecule has 0 aliphatic carbocycles. The lowest BCUT2D eigenvalue weighted by Gasteiger charge is -2.28. The van der Waals surface area contributed by atoms with Gasteiger partial charge in [-0.15, -0.1) is 12.6 Å². The predicted octanol–water partition coefficient (Wildman–Crippen LogP) is 4.53. The van der Waals surface area contributed by atoms with Gasteiger partial charge in [0.15, 0.2) is 5.76 Å². The Kier molecular flexibility index (Phi) is 8.85. The van der Waals surface area contributed by atoms with E-state index in [4.69, 9.17) is 9.47 Å². The van der Waals surface area contributed by atoms with Crippen LogP contribution in [0, 0.1) is 0 Å². The van der Waals surface area contributed by atoms with Gasteiger partial charge in [0.25, 0.3) is 0 Å². The predicted molar refractivity (Wildman–Crippen MR) is 108 cm³/mol. The zero-order chi connectivity index (χ0) is 23.2. The molecule has 0 amide bonds. The summed E-state index contributed by atoms with van der Waals surface area (Å²) in [5, 5.41) is 0. The summed E-state index contributed by atoms with van der Waals surface area (Å²) in [6.45, 7) is 8.39. The molecule has 0 heterocycles. The molecule has 0 fully saturated rings. The smallest absolute Gasteiger partial charge is 0.483 e. The Labute approximate surface area is 179 Å². The maximum Gasteiger partial charge on any atom is 0.534 e. The minimum atomic E-state index is -5.92. The van der Waals surface area contributed by atoms with Crippen molar-refractivity contribution in [3.05, 3.63) is 53.1 Å². The van der Waals surface area contributed by atoms with Crippen LogP contribution in [0.1, 0.15) is 32.8 Å². The van der Waals surface area contributed by atoms with Crippen LogP contribution in [-0.4, -0.2) is 32.1 Å². The number of hydrogen-bond donors (Lipinski definition) is 1. The summed E-state index contributed by atoms with van der Waals surface area (Å²) in [7, 11) is -5.92. The monoisotopic (exact) mass is 468 g/mol. The molecule has 1 unspecified atom stereocenters. The third kappa shape index (κ3) is 7.28. The van der Waals surface area contributed by atoms with Crippen LogP contribution < -0.4 is 4.74 Å². The molecule has 1 atom stereocenters. The molecule has 6 nitrogen and oxygen atoms in total. The summed E-state index contributed by atoms with van der Waals surface area (Å²) in [4.78, 5) is 11.5. The van der Waals surface area contributed by atoms with Crippen molar-refractivity contribution in [3.8, 4) is 5.75 Å². The fraction of sp³-hybridized carbons (Fsp3) is 0.421. The molecular formula is C19H23F3O6S2. The molecule has 1 aromatic rings. The van der Waals surface area contributed by atoms with E-state index in [0.29, 0.717) is 5.56 Å². The Hall–Kier alpha value is -2.14. The largest absolute Gasteiger partial charge is 0.534 e. The summed E-state index contributed by atoms with van der Waals surface area (Å²) in [6.07, 6.45) is 1.17. The zero-order valence-corrected chi connectivity index (χ0v) is 18.4. The van der Waals surface area contributed by atoms with Gasteiger partial charge in [-0.2, -0.15) is 21.6 Å². The van der Waals surface area contributed by atoms with E-state index < -0.39 is 33.0 Å². The van der Waals surface area contributed by atoms with E-state index in [-0.39, 0.29) is 30.1 Å². The van der Waals surface area contributed by atoms with Gasteiger partial charge in [0.05, 0.1) is 13.0 Å². The van der Waals surface area contributed by atoms with Gasteiger partial charge in [0, 0.05) is 16.5 Å². The summed E-state index contributed by atoms with van der Waals surface area (Å²) < 4.78 is 75.9. The minimum absolute atomic E-state index is 0.0847.